The van der Waals surface area contributed by atoms with Gasteiger partial charge in [-0.2, -0.15) is 0 Å². The molecule has 0 spiro atoms. The number of amides is 2. The van der Waals surface area contributed by atoms with Crippen LogP contribution >= 0.6 is 11.8 Å². The Labute approximate surface area is 195 Å². The molecule has 0 bridgehead atoms. The van der Waals surface area contributed by atoms with E-state index < -0.39 is 5.97 Å². The van der Waals surface area contributed by atoms with Gasteiger partial charge in [0.15, 0.2) is 0 Å². The van der Waals surface area contributed by atoms with Crippen LogP contribution in [0.3, 0.4) is 0 Å². The Balaban J connectivity index is 1.65. The summed E-state index contributed by atoms with van der Waals surface area (Å²) in [4.78, 5) is 41.4. The standard InChI is InChI=1S/C25H22N2O5S/c1-3-32-18-11-9-17(10-12-18)26-23(28)15-27-20-14-16(25(30)31-2)8-13-22(20)33-21-7-5-4-6-19(21)24(27)29/h4-14H,3,15H2,1-2H3,(H,26,28). The van der Waals surface area contributed by atoms with E-state index in [1.807, 2.05) is 19.1 Å². The molecule has 8 heteroatoms. The van der Waals surface area contributed by atoms with E-state index >= 15 is 0 Å². The van der Waals surface area contributed by atoms with Crippen molar-refractivity contribution in [2.24, 2.45) is 0 Å². The average molecular weight is 463 g/mol. The summed E-state index contributed by atoms with van der Waals surface area (Å²) in [6.45, 7) is 2.22. The number of anilines is 2. The second kappa shape index (κ2) is 9.79. The van der Waals surface area contributed by atoms with Crippen LogP contribution < -0.4 is 15.0 Å². The van der Waals surface area contributed by atoms with Crippen LogP contribution in [0.5, 0.6) is 5.75 Å². The molecule has 0 unspecified atom stereocenters. The van der Waals surface area contributed by atoms with Crippen molar-refractivity contribution in [3.05, 3.63) is 77.9 Å². The topological polar surface area (TPSA) is 84.9 Å². The van der Waals surface area contributed by atoms with Gasteiger partial charge < -0.3 is 14.8 Å². The zero-order valence-electron chi connectivity index (χ0n) is 18.2. The predicted molar refractivity (Wildman–Crippen MR) is 126 cm³/mol. The minimum atomic E-state index is -0.518. The smallest absolute Gasteiger partial charge is 0.337 e. The Kier molecular flexibility index (Phi) is 6.65. The summed E-state index contributed by atoms with van der Waals surface area (Å²) >= 11 is 1.42. The lowest BCUT2D eigenvalue weighted by molar-refractivity contribution is -0.114. The second-order valence-electron chi connectivity index (χ2n) is 7.17. The van der Waals surface area contributed by atoms with Crippen LogP contribution in [0.25, 0.3) is 0 Å². The lowest BCUT2D eigenvalue weighted by Gasteiger charge is -2.23. The molecule has 1 aliphatic heterocycles. The van der Waals surface area contributed by atoms with E-state index in [2.05, 4.69) is 5.32 Å². The van der Waals surface area contributed by atoms with Gasteiger partial charge in [-0.15, -0.1) is 0 Å². The van der Waals surface area contributed by atoms with Crippen LogP contribution in [0.2, 0.25) is 0 Å². The van der Waals surface area contributed by atoms with Crippen molar-refractivity contribution in [1.82, 2.24) is 0 Å². The molecule has 1 heterocycles. The third-order valence-electron chi connectivity index (χ3n) is 5.00. The van der Waals surface area contributed by atoms with Crippen molar-refractivity contribution in [3.63, 3.8) is 0 Å². The largest absolute Gasteiger partial charge is 0.494 e. The number of esters is 1. The zero-order chi connectivity index (χ0) is 23.4. The predicted octanol–water partition coefficient (Wildman–Crippen LogP) is 4.62. The van der Waals surface area contributed by atoms with Gasteiger partial charge in [0.05, 0.1) is 30.5 Å². The molecule has 0 atom stereocenters. The van der Waals surface area contributed by atoms with E-state index in [-0.39, 0.29) is 18.4 Å². The highest BCUT2D eigenvalue weighted by Crippen LogP contribution is 2.41. The molecule has 0 radical (unpaired) electrons. The molecule has 1 N–H and O–H groups in total. The van der Waals surface area contributed by atoms with E-state index in [0.29, 0.717) is 34.9 Å². The Morgan fingerprint density at radius 2 is 1.76 bits per heavy atom. The van der Waals surface area contributed by atoms with Crippen LogP contribution in [-0.2, 0) is 9.53 Å². The highest BCUT2D eigenvalue weighted by Gasteiger charge is 2.29. The van der Waals surface area contributed by atoms with Crippen molar-refractivity contribution in [2.45, 2.75) is 16.7 Å². The molecule has 3 aromatic rings. The number of hydrogen-bond acceptors (Lipinski definition) is 6. The van der Waals surface area contributed by atoms with Gasteiger partial charge in [0, 0.05) is 15.5 Å². The maximum absolute atomic E-state index is 13.5. The van der Waals surface area contributed by atoms with Gasteiger partial charge in [0.1, 0.15) is 12.3 Å². The lowest BCUT2D eigenvalue weighted by atomic mass is 10.1. The van der Waals surface area contributed by atoms with Gasteiger partial charge in [-0.05, 0) is 61.5 Å². The first kappa shape index (κ1) is 22.4. The van der Waals surface area contributed by atoms with E-state index in [1.165, 1.54) is 23.8 Å². The maximum Gasteiger partial charge on any atom is 0.337 e. The molecule has 4 rings (SSSR count). The van der Waals surface area contributed by atoms with Gasteiger partial charge in [-0.3, -0.25) is 14.5 Å². The van der Waals surface area contributed by atoms with Gasteiger partial charge >= 0.3 is 5.97 Å². The van der Waals surface area contributed by atoms with E-state index in [9.17, 15) is 14.4 Å². The Bertz CT molecular complexity index is 1210. The molecule has 1 aliphatic rings. The number of rotatable bonds is 6. The summed E-state index contributed by atoms with van der Waals surface area (Å²) < 4.78 is 10.3. The first-order valence-corrected chi connectivity index (χ1v) is 11.2. The second-order valence-corrected chi connectivity index (χ2v) is 8.25. The Morgan fingerprint density at radius 1 is 1.00 bits per heavy atom. The fraction of sp³-hybridized carbons (Fsp3) is 0.160. The summed E-state index contributed by atoms with van der Waals surface area (Å²) in [7, 11) is 1.30. The summed E-state index contributed by atoms with van der Waals surface area (Å²) in [6.07, 6.45) is 0. The lowest BCUT2D eigenvalue weighted by Crippen LogP contribution is -2.38. The van der Waals surface area contributed by atoms with Gasteiger partial charge in [-0.25, -0.2) is 4.79 Å². The monoisotopic (exact) mass is 462 g/mol. The Morgan fingerprint density at radius 3 is 2.48 bits per heavy atom. The van der Waals surface area contributed by atoms with Crippen LogP contribution in [-0.4, -0.2) is 38.0 Å². The highest BCUT2D eigenvalue weighted by atomic mass is 32.2. The summed E-state index contributed by atoms with van der Waals surface area (Å²) in [5.74, 6) is -0.501. The fourth-order valence-electron chi connectivity index (χ4n) is 3.47. The first-order valence-electron chi connectivity index (χ1n) is 10.3. The molecule has 0 aromatic heterocycles. The van der Waals surface area contributed by atoms with E-state index in [1.54, 1.807) is 54.6 Å². The SMILES string of the molecule is CCOc1ccc(NC(=O)CN2C(=O)c3ccccc3Sc3ccc(C(=O)OC)cc32)cc1. The van der Waals surface area contributed by atoms with Crippen molar-refractivity contribution in [3.8, 4) is 5.75 Å². The first-order chi connectivity index (χ1) is 16.0. The number of hydrogen-bond donors (Lipinski definition) is 1. The van der Waals surface area contributed by atoms with Gasteiger partial charge in [0.2, 0.25) is 5.91 Å². The van der Waals surface area contributed by atoms with Gasteiger partial charge in [-0.1, -0.05) is 23.9 Å². The number of nitrogens with zero attached hydrogens (tertiary/aromatic N) is 1. The average Bonchev–Trinajstić information content (AvgIpc) is 2.94. The highest BCUT2D eigenvalue weighted by molar-refractivity contribution is 7.99. The van der Waals surface area contributed by atoms with Crippen molar-refractivity contribution in [1.29, 1.82) is 0 Å². The van der Waals surface area contributed by atoms with E-state index in [0.717, 1.165) is 9.79 Å². The summed E-state index contributed by atoms with van der Waals surface area (Å²) in [6, 6.07) is 19.2. The van der Waals surface area contributed by atoms with Crippen molar-refractivity contribution >= 4 is 40.9 Å². The number of nitrogens with one attached hydrogen (secondary N) is 1. The fourth-order valence-corrected chi connectivity index (χ4v) is 4.53. The van der Waals surface area contributed by atoms with Gasteiger partial charge in [0.25, 0.3) is 5.91 Å². The number of benzene rings is 3. The molecule has 0 saturated carbocycles. The summed E-state index contributed by atoms with van der Waals surface area (Å²) in [5.41, 5.74) is 1.86. The molecule has 7 nitrogen and oxygen atoms in total. The normalized spacial score (nSPS) is 12.3. The third-order valence-corrected chi connectivity index (χ3v) is 6.15. The number of carbonyl (C=O) groups is 3. The summed E-state index contributed by atoms with van der Waals surface area (Å²) in [5, 5.41) is 2.82. The molecule has 0 fully saturated rings. The minimum Gasteiger partial charge on any atom is -0.494 e. The van der Waals surface area contributed by atoms with Crippen molar-refractivity contribution < 1.29 is 23.9 Å². The number of fused-ring (bicyclic) bond motifs is 2. The van der Waals surface area contributed by atoms with Crippen LogP contribution in [0.4, 0.5) is 11.4 Å². The molecule has 0 saturated heterocycles. The molecular weight excluding hydrogens is 440 g/mol. The van der Waals surface area contributed by atoms with Crippen LogP contribution in [0.15, 0.2) is 76.5 Å². The molecule has 2 amide bonds. The Hall–Kier alpha value is -3.78. The molecule has 33 heavy (non-hydrogen) atoms. The third kappa shape index (κ3) is 4.85. The molecule has 3 aromatic carbocycles. The number of carbonyl (C=O) groups excluding carboxylic acids is 3. The van der Waals surface area contributed by atoms with E-state index in [4.69, 9.17) is 9.47 Å². The molecule has 168 valence electrons. The molecule has 0 aliphatic carbocycles. The maximum atomic E-state index is 13.5. The van der Waals surface area contributed by atoms with Crippen LogP contribution in [0.1, 0.15) is 27.6 Å². The zero-order valence-corrected chi connectivity index (χ0v) is 19.0. The van der Waals surface area contributed by atoms with Crippen LogP contribution in [0, 0.1) is 0 Å². The quantitative estimate of drug-likeness (QED) is 0.538. The molecular formula is C25H22N2O5S. The number of ether oxygens (including phenoxy) is 2. The minimum absolute atomic E-state index is 0.224. The van der Waals surface area contributed by atoms with Crippen molar-refractivity contribution in [2.75, 3.05) is 30.5 Å². The number of methoxy groups -OCH3 is 1.